The van der Waals surface area contributed by atoms with E-state index in [1.165, 1.54) is 6.07 Å². The van der Waals surface area contributed by atoms with Crippen LogP contribution in [0.15, 0.2) is 22.7 Å². The molecule has 2 N–H and O–H groups in total. The SMILES string of the molecule is CC(C)c1nnsc1C(=O)Nc1ccc(Br)c(C(=O)O)c1. The van der Waals surface area contributed by atoms with Crippen LogP contribution in [0.25, 0.3) is 0 Å². The van der Waals surface area contributed by atoms with Gasteiger partial charge in [-0.15, -0.1) is 5.10 Å². The topological polar surface area (TPSA) is 92.2 Å². The van der Waals surface area contributed by atoms with E-state index in [4.69, 9.17) is 5.11 Å². The van der Waals surface area contributed by atoms with E-state index >= 15 is 0 Å². The maximum absolute atomic E-state index is 12.2. The van der Waals surface area contributed by atoms with Gasteiger partial charge in [-0.3, -0.25) is 4.79 Å². The van der Waals surface area contributed by atoms with Crippen LogP contribution in [-0.4, -0.2) is 26.6 Å². The summed E-state index contributed by atoms with van der Waals surface area (Å²) in [5.74, 6) is -1.32. The van der Waals surface area contributed by atoms with Gasteiger partial charge in [0.25, 0.3) is 5.91 Å². The number of carbonyl (C=O) groups is 2. The fraction of sp³-hybridized carbons (Fsp3) is 0.231. The van der Waals surface area contributed by atoms with Crippen LogP contribution < -0.4 is 5.32 Å². The molecule has 1 aromatic carbocycles. The highest BCUT2D eigenvalue weighted by molar-refractivity contribution is 9.10. The van der Waals surface area contributed by atoms with E-state index in [1.54, 1.807) is 12.1 Å². The third-order valence-electron chi connectivity index (χ3n) is 2.72. The first kappa shape index (κ1) is 15.6. The smallest absolute Gasteiger partial charge is 0.336 e. The second kappa shape index (κ2) is 6.31. The summed E-state index contributed by atoms with van der Waals surface area (Å²) in [5.41, 5.74) is 1.12. The summed E-state index contributed by atoms with van der Waals surface area (Å²) >= 11 is 4.18. The van der Waals surface area contributed by atoms with Crippen LogP contribution >= 0.6 is 27.5 Å². The van der Waals surface area contributed by atoms with Gasteiger partial charge < -0.3 is 10.4 Å². The highest BCUT2D eigenvalue weighted by atomic mass is 79.9. The van der Waals surface area contributed by atoms with Gasteiger partial charge in [0.15, 0.2) is 0 Å². The Kier molecular flexibility index (Phi) is 4.69. The Hall–Kier alpha value is -1.80. The Labute approximate surface area is 133 Å². The van der Waals surface area contributed by atoms with Gasteiger partial charge in [0.05, 0.1) is 11.3 Å². The summed E-state index contributed by atoms with van der Waals surface area (Å²) in [6.45, 7) is 3.85. The number of amides is 1. The largest absolute Gasteiger partial charge is 0.478 e. The summed E-state index contributed by atoms with van der Waals surface area (Å²) in [7, 11) is 0. The first-order chi connectivity index (χ1) is 9.90. The van der Waals surface area contributed by atoms with Crippen LogP contribution in [0.2, 0.25) is 0 Å². The van der Waals surface area contributed by atoms with Gasteiger partial charge in [0.2, 0.25) is 0 Å². The third kappa shape index (κ3) is 3.45. The lowest BCUT2D eigenvalue weighted by Crippen LogP contribution is -2.13. The molecule has 0 saturated heterocycles. The first-order valence-corrected chi connectivity index (χ1v) is 7.63. The van der Waals surface area contributed by atoms with Crippen molar-refractivity contribution in [3.8, 4) is 0 Å². The number of benzene rings is 1. The van der Waals surface area contributed by atoms with E-state index < -0.39 is 5.97 Å². The summed E-state index contributed by atoms with van der Waals surface area (Å²) in [6, 6.07) is 4.60. The fourth-order valence-electron chi connectivity index (χ4n) is 1.69. The highest BCUT2D eigenvalue weighted by Crippen LogP contribution is 2.24. The number of halogens is 1. The van der Waals surface area contributed by atoms with Crippen molar-refractivity contribution >= 4 is 45.0 Å². The molecule has 2 rings (SSSR count). The normalized spacial score (nSPS) is 10.7. The molecule has 8 heteroatoms. The molecule has 0 fully saturated rings. The van der Waals surface area contributed by atoms with Crippen LogP contribution in [0.1, 0.15) is 45.5 Å². The first-order valence-electron chi connectivity index (χ1n) is 6.06. The number of carboxylic acid groups (broad SMARTS) is 1. The molecule has 0 aliphatic heterocycles. The minimum absolute atomic E-state index is 0.0827. The van der Waals surface area contributed by atoms with Crippen molar-refractivity contribution in [2.24, 2.45) is 0 Å². The minimum atomic E-state index is -1.07. The number of carboxylic acids is 1. The number of carbonyl (C=O) groups excluding carboxylic acids is 1. The van der Waals surface area contributed by atoms with Gasteiger partial charge >= 0.3 is 5.97 Å². The quantitative estimate of drug-likeness (QED) is 0.861. The lowest BCUT2D eigenvalue weighted by atomic mass is 10.1. The fourth-order valence-corrected chi connectivity index (χ4v) is 2.82. The van der Waals surface area contributed by atoms with Crippen LogP contribution in [-0.2, 0) is 0 Å². The number of nitrogens with zero attached hydrogens (tertiary/aromatic N) is 2. The average Bonchev–Trinajstić information content (AvgIpc) is 2.90. The van der Waals surface area contributed by atoms with Crippen molar-refractivity contribution in [2.75, 3.05) is 5.32 Å². The molecular formula is C13H12BrN3O3S. The molecule has 0 saturated carbocycles. The van der Waals surface area contributed by atoms with E-state index in [0.717, 1.165) is 11.5 Å². The van der Waals surface area contributed by atoms with Crippen LogP contribution in [0.5, 0.6) is 0 Å². The van der Waals surface area contributed by atoms with E-state index in [-0.39, 0.29) is 17.4 Å². The molecule has 1 amide bonds. The predicted octanol–water partition coefficient (Wildman–Crippen LogP) is 3.37. The maximum Gasteiger partial charge on any atom is 0.336 e. The monoisotopic (exact) mass is 369 g/mol. The van der Waals surface area contributed by atoms with Gasteiger partial charge in [-0.05, 0) is 51.6 Å². The zero-order valence-corrected chi connectivity index (χ0v) is 13.7. The molecule has 1 heterocycles. The average molecular weight is 370 g/mol. The molecule has 2 aromatic rings. The van der Waals surface area contributed by atoms with E-state index in [2.05, 4.69) is 30.8 Å². The molecular weight excluding hydrogens is 358 g/mol. The Bertz CT molecular complexity index is 700. The summed E-state index contributed by atoms with van der Waals surface area (Å²) < 4.78 is 4.25. The van der Waals surface area contributed by atoms with Crippen molar-refractivity contribution in [2.45, 2.75) is 19.8 Å². The molecule has 110 valence electrons. The highest BCUT2D eigenvalue weighted by Gasteiger charge is 2.19. The summed E-state index contributed by atoms with van der Waals surface area (Å²) in [4.78, 5) is 23.7. The molecule has 1 aromatic heterocycles. The zero-order valence-electron chi connectivity index (χ0n) is 11.3. The molecule has 0 spiro atoms. The molecule has 0 radical (unpaired) electrons. The molecule has 0 bridgehead atoms. The van der Waals surface area contributed by atoms with Gasteiger partial charge in [-0.25, -0.2) is 4.79 Å². The molecule has 0 aliphatic carbocycles. The zero-order chi connectivity index (χ0) is 15.6. The minimum Gasteiger partial charge on any atom is -0.478 e. The summed E-state index contributed by atoms with van der Waals surface area (Å²) in [5, 5.41) is 15.7. The van der Waals surface area contributed by atoms with E-state index in [1.807, 2.05) is 13.8 Å². The van der Waals surface area contributed by atoms with Crippen LogP contribution in [0.4, 0.5) is 5.69 Å². The van der Waals surface area contributed by atoms with E-state index in [0.29, 0.717) is 20.7 Å². The number of rotatable bonds is 4. The van der Waals surface area contributed by atoms with Crippen molar-refractivity contribution in [1.82, 2.24) is 9.59 Å². The van der Waals surface area contributed by atoms with Gasteiger partial charge in [0, 0.05) is 10.2 Å². The van der Waals surface area contributed by atoms with Gasteiger partial charge in [-0.2, -0.15) is 0 Å². The Morgan fingerprint density at radius 1 is 1.38 bits per heavy atom. The predicted molar refractivity (Wildman–Crippen MR) is 83.1 cm³/mol. The molecule has 0 atom stereocenters. The Balaban J connectivity index is 2.26. The van der Waals surface area contributed by atoms with Crippen molar-refractivity contribution in [1.29, 1.82) is 0 Å². The second-order valence-electron chi connectivity index (χ2n) is 4.60. The number of nitrogens with one attached hydrogen (secondary N) is 1. The van der Waals surface area contributed by atoms with Gasteiger partial charge in [-0.1, -0.05) is 18.3 Å². The number of aromatic carboxylic acids is 1. The third-order valence-corrected chi connectivity index (χ3v) is 4.15. The van der Waals surface area contributed by atoms with Crippen LogP contribution in [0, 0.1) is 0 Å². The van der Waals surface area contributed by atoms with Crippen molar-refractivity contribution in [3.05, 3.63) is 38.8 Å². The van der Waals surface area contributed by atoms with E-state index in [9.17, 15) is 9.59 Å². The maximum atomic E-state index is 12.2. The van der Waals surface area contributed by atoms with Crippen molar-refractivity contribution < 1.29 is 14.7 Å². The molecule has 21 heavy (non-hydrogen) atoms. The van der Waals surface area contributed by atoms with Crippen molar-refractivity contribution in [3.63, 3.8) is 0 Å². The lowest BCUT2D eigenvalue weighted by molar-refractivity contribution is 0.0695. The molecule has 0 aliphatic rings. The second-order valence-corrected chi connectivity index (χ2v) is 6.20. The molecule has 6 nitrogen and oxygen atoms in total. The number of hydrogen-bond acceptors (Lipinski definition) is 5. The summed E-state index contributed by atoms with van der Waals surface area (Å²) in [6.07, 6.45) is 0. The Morgan fingerprint density at radius 2 is 2.10 bits per heavy atom. The standard InChI is InChI=1S/C13H12BrN3O3S/c1-6(2)10-11(21-17-16-10)12(18)15-7-3-4-9(14)8(5-7)13(19)20/h3-6H,1-2H3,(H,15,18)(H,19,20). The Morgan fingerprint density at radius 3 is 2.71 bits per heavy atom. The van der Waals surface area contributed by atoms with Gasteiger partial charge in [0.1, 0.15) is 4.88 Å². The lowest BCUT2D eigenvalue weighted by Gasteiger charge is -2.07. The molecule has 0 unspecified atom stereocenters. The number of anilines is 1. The number of hydrogen-bond donors (Lipinski definition) is 2. The van der Waals surface area contributed by atoms with Crippen LogP contribution in [0.3, 0.4) is 0 Å². The number of aromatic nitrogens is 2.